The number of para-hydroxylation sites is 2. The number of rotatable bonds is 8. The lowest BCUT2D eigenvalue weighted by molar-refractivity contribution is -0.165. The van der Waals surface area contributed by atoms with E-state index in [1.54, 1.807) is 12.1 Å². The molecule has 0 aromatic heterocycles. The van der Waals surface area contributed by atoms with Crippen LogP contribution in [0.3, 0.4) is 0 Å². The third-order valence-corrected chi connectivity index (χ3v) is 7.09. The number of allylic oxidation sites excluding steroid dienone is 1. The van der Waals surface area contributed by atoms with Crippen LogP contribution in [-0.4, -0.2) is 30.5 Å². The van der Waals surface area contributed by atoms with Crippen LogP contribution < -0.4 is 11.1 Å². The quantitative estimate of drug-likeness (QED) is 0.298. The van der Waals surface area contributed by atoms with Crippen LogP contribution in [0.5, 0.6) is 0 Å². The minimum Gasteiger partial charge on any atom is -0.459 e. The monoisotopic (exact) mass is 484 g/mol. The molecule has 0 radical (unpaired) electrons. The van der Waals surface area contributed by atoms with E-state index >= 15 is 0 Å². The molecule has 0 saturated carbocycles. The van der Waals surface area contributed by atoms with E-state index in [-0.39, 0.29) is 30.1 Å². The van der Waals surface area contributed by atoms with Crippen molar-refractivity contribution in [3.63, 3.8) is 0 Å². The molecular weight excluding hydrogens is 452 g/mol. The number of benzene rings is 3. The van der Waals surface area contributed by atoms with Crippen LogP contribution in [0.25, 0.3) is 11.1 Å². The first-order valence-electron chi connectivity index (χ1n) is 12.6. The van der Waals surface area contributed by atoms with Gasteiger partial charge in [-0.05, 0) is 72.2 Å². The molecule has 3 atom stereocenters. The Morgan fingerprint density at radius 1 is 1.08 bits per heavy atom. The Bertz CT molecular complexity index is 1290. The lowest BCUT2D eigenvalue weighted by Gasteiger charge is -2.37. The van der Waals surface area contributed by atoms with Gasteiger partial charge in [0.05, 0.1) is 11.4 Å². The van der Waals surface area contributed by atoms with Crippen LogP contribution in [0.15, 0.2) is 78.6 Å². The number of nitrogens with one attached hydrogen (secondary N) is 1. The second kappa shape index (κ2) is 10.6. The summed E-state index contributed by atoms with van der Waals surface area (Å²) in [4.78, 5) is 13.3. The summed E-state index contributed by atoms with van der Waals surface area (Å²) >= 11 is 0. The maximum atomic E-state index is 13.3. The molecule has 0 fully saturated rings. The molecule has 2 aliphatic rings. The van der Waals surface area contributed by atoms with Gasteiger partial charge in [-0.15, -0.1) is 0 Å². The topological polar surface area (TPSA) is 93.8 Å². The summed E-state index contributed by atoms with van der Waals surface area (Å²) in [5.41, 5.74) is 13.3. The molecule has 186 valence electrons. The molecule has 36 heavy (non-hydrogen) atoms. The fraction of sp³-hybridized carbons (Fsp3) is 0.300. The average molecular weight is 485 g/mol. The number of carbonyl (C=O) groups is 1. The Balaban J connectivity index is 1.56. The lowest BCUT2D eigenvalue weighted by atomic mass is 9.78. The van der Waals surface area contributed by atoms with Crippen molar-refractivity contribution in [1.82, 2.24) is 0 Å². The zero-order valence-electron chi connectivity index (χ0n) is 20.4. The second-order valence-electron chi connectivity index (χ2n) is 9.28. The van der Waals surface area contributed by atoms with Gasteiger partial charge in [0.15, 0.2) is 5.76 Å². The fourth-order valence-electron chi connectivity index (χ4n) is 5.41. The highest BCUT2D eigenvalue weighted by atomic mass is 16.7. The Labute approximate surface area is 211 Å². The van der Waals surface area contributed by atoms with Gasteiger partial charge in [0.2, 0.25) is 6.29 Å². The average Bonchev–Trinajstić information content (AvgIpc) is 3.28. The van der Waals surface area contributed by atoms with Gasteiger partial charge in [-0.3, -0.25) is 4.79 Å². The number of aliphatic hydroxyl groups is 1. The van der Waals surface area contributed by atoms with Crippen LogP contribution in [0.4, 0.5) is 11.4 Å². The van der Waals surface area contributed by atoms with E-state index in [1.165, 1.54) is 27.8 Å². The minimum absolute atomic E-state index is 0.0503. The first-order valence-corrected chi connectivity index (χ1v) is 12.6. The van der Waals surface area contributed by atoms with Crippen molar-refractivity contribution in [2.75, 3.05) is 24.3 Å². The number of carbonyl (C=O) groups excluding carboxylic acids is 1. The highest BCUT2D eigenvalue weighted by Gasteiger charge is 2.39. The van der Waals surface area contributed by atoms with E-state index in [2.05, 4.69) is 47.8 Å². The molecule has 0 saturated heterocycles. The summed E-state index contributed by atoms with van der Waals surface area (Å²) in [5.74, 6) is -0.306. The molecular formula is C30H32N2O4. The fourth-order valence-corrected chi connectivity index (χ4v) is 5.41. The van der Waals surface area contributed by atoms with Gasteiger partial charge in [0.25, 0.3) is 5.91 Å². The number of ether oxygens (including phenoxy) is 2. The van der Waals surface area contributed by atoms with Gasteiger partial charge < -0.3 is 25.6 Å². The smallest absolute Gasteiger partial charge is 0.290 e. The van der Waals surface area contributed by atoms with Crippen LogP contribution >= 0.6 is 0 Å². The van der Waals surface area contributed by atoms with Gasteiger partial charge in [-0.1, -0.05) is 54.6 Å². The SMILES string of the molecule is CCO[C@H]1OC(C(=O)Nc2ccccc2N)=C[C@@H](c2cccc3c2Cc2ccccc2-3)[C@H]1CCCO. The first-order chi connectivity index (χ1) is 17.6. The highest BCUT2D eigenvalue weighted by Crippen LogP contribution is 2.46. The normalized spacial score (nSPS) is 20.2. The summed E-state index contributed by atoms with van der Waals surface area (Å²) in [7, 11) is 0. The van der Waals surface area contributed by atoms with Gasteiger partial charge in [-0.2, -0.15) is 0 Å². The maximum Gasteiger partial charge on any atom is 0.290 e. The molecule has 1 aliphatic heterocycles. The number of hydrogen-bond donors (Lipinski definition) is 3. The van der Waals surface area contributed by atoms with E-state index < -0.39 is 6.29 Å². The van der Waals surface area contributed by atoms with Gasteiger partial charge >= 0.3 is 0 Å². The summed E-state index contributed by atoms with van der Waals surface area (Å²) in [6.07, 6.45) is 3.50. The van der Waals surface area contributed by atoms with Crippen LogP contribution in [0.1, 0.15) is 42.4 Å². The molecule has 6 heteroatoms. The van der Waals surface area contributed by atoms with Crippen molar-refractivity contribution in [2.24, 2.45) is 5.92 Å². The van der Waals surface area contributed by atoms with Crippen molar-refractivity contribution in [3.05, 3.63) is 95.3 Å². The maximum absolute atomic E-state index is 13.3. The van der Waals surface area contributed by atoms with Gasteiger partial charge in [-0.25, -0.2) is 0 Å². The Hall–Kier alpha value is -3.61. The van der Waals surface area contributed by atoms with Crippen molar-refractivity contribution in [2.45, 2.75) is 38.4 Å². The van der Waals surface area contributed by atoms with E-state index in [0.29, 0.717) is 30.8 Å². The Morgan fingerprint density at radius 2 is 1.86 bits per heavy atom. The highest BCUT2D eigenvalue weighted by molar-refractivity contribution is 6.04. The zero-order chi connectivity index (χ0) is 25.1. The molecule has 0 unspecified atom stereocenters. The summed E-state index contributed by atoms with van der Waals surface area (Å²) < 4.78 is 12.2. The molecule has 1 aliphatic carbocycles. The summed E-state index contributed by atoms with van der Waals surface area (Å²) in [5, 5.41) is 12.5. The number of anilines is 2. The molecule has 1 amide bonds. The first kappa shape index (κ1) is 24.1. The molecule has 1 heterocycles. The molecule has 5 rings (SSSR count). The third-order valence-electron chi connectivity index (χ3n) is 7.09. The van der Waals surface area contributed by atoms with E-state index in [4.69, 9.17) is 15.2 Å². The van der Waals surface area contributed by atoms with E-state index in [9.17, 15) is 9.90 Å². The number of hydrogen-bond acceptors (Lipinski definition) is 5. The van der Waals surface area contributed by atoms with Crippen LogP contribution in [0.2, 0.25) is 0 Å². The summed E-state index contributed by atoms with van der Waals surface area (Å²) in [6.45, 7) is 2.46. The predicted octanol–water partition coefficient (Wildman–Crippen LogP) is 5.23. The third kappa shape index (κ3) is 4.62. The van der Waals surface area contributed by atoms with E-state index in [1.807, 2.05) is 25.1 Å². The number of nitrogens with two attached hydrogens (primary N) is 1. The molecule has 0 bridgehead atoms. The lowest BCUT2D eigenvalue weighted by Crippen LogP contribution is -2.37. The Morgan fingerprint density at radius 3 is 2.67 bits per heavy atom. The molecule has 3 aromatic rings. The largest absolute Gasteiger partial charge is 0.459 e. The molecule has 4 N–H and O–H groups in total. The van der Waals surface area contributed by atoms with Crippen LogP contribution in [-0.2, 0) is 20.7 Å². The molecule has 0 spiro atoms. The molecule has 3 aromatic carbocycles. The van der Waals surface area contributed by atoms with Gasteiger partial charge in [0.1, 0.15) is 0 Å². The molecule has 6 nitrogen and oxygen atoms in total. The standard InChI is InChI=1S/C30H32N2O4/c1-2-35-30-23(13-8-16-33)25(18-28(36-30)29(34)32-27-15-6-5-14-26(27)31)22-12-7-11-21-20-10-4-3-9-19(20)17-24(21)22/h3-7,9-12,14-15,18,23,25,30,33H,2,8,13,16-17,31H2,1H3,(H,32,34)/t23-,25+,30+/m1/s1. The minimum atomic E-state index is -0.606. The zero-order valence-corrected chi connectivity index (χ0v) is 20.4. The van der Waals surface area contributed by atoms with Crippen molar-refractivity contribution in [3.8, 4) is 11.1 Å². The second-order valence-corrected chi connectivity index (χ2v) is 9.28. The number of amides is 1. The Kier molecular flexibility index (Phi) is 7.07. The van der Waals surface area contributed by atoms with Crippen molar-refractivity contribution < 1.29 is 19.4 Å². The number of nitrogen functional groups attached to an aromatic ring is 1. The van der Waals surface area contributed by atoms with Crippen molar-refractivity contribution in [1.29, 1.82) is 0 Å². The summed E-state index contributed by atoms with van der Waals surface area (Å²) in [6, 6.07) is 22.0. The van der Waals surface area contributed by atoms with Gasteiger partial charge in [0, 0.05) is 25.0 Å². The number of fused-ring (bicyclic) bond motifs is 3. The van der Waals surface area contributed by atoms with Crippen molar-refractivity contribution >= 4 is 17.3 Å². The predicted molar refractivity (Wildman–Crippen MR) is 141 cm³/mol. The van der Waals surface area contributed by atoms with E-state index in [0.717, 1.165) is 6.42 Å². The van der Waals surface area contributed by atoms with Crippen LogP contribution in [0, 0.1) is 5.92 Å². The number of aliphatic hydroxyl groups excluding tert-OH is 1.